The number of rotatable bonds is 4. The molecule has 1 aromatic carbocycles. The fourth-order valence-electron chi connectivity index (χ4n) is 2.39. The minimum Gasteiger partial charge on any atom is -0.405 e. The molecular weight excluding hydrogens is 366 g/mol. The number of benzene rings is 1. The third-order valence-electron chi connectivity index (χ3n) is 3.25. The Hall–Kier alpha value is -0.830. The Morgan fingerprint density at radius 2 is 1.61 bits per heavy atom. The van der Waals surface area contributed by atoms with Crippen LogP contribution in [0.15, 0.2) is 24.3 Å². The van der Waals surface area contributed by atoms with Crippen molar-refractivity contribution in [3.05, 3.63) is 29.8 Å². The van der Waals surface area contributed by atoms with Gasteiger partial charge in [0.05, 0.1) is 0 Å². The number of para-hydroxylation sites is 1. The molecule has 1 aromatic rings. The maximum absolute atomic E-state index is 13.4. The van der Waals surface area contributed by atoms with Gasteiger partial charge in [0.25, 0.3) is 6.43 Å². The topological polar surface area (TPSA) is 24.5 Å². The third kappa shape index (κ3) is 6.29. The van der Waals surface area contributed by atoms with Crippen LogP contribution in [0.2, 0.25) is 0 Å². The maximum atomic E-state index is 13.4. The van der Waals surface area contributed by atoms with E-state index in [0.717, 1.165) is 6.07 Å². The molecule has 3 nitrogen and oxygen atoms in total. The first-order valence-corrected chi connectivity index (χ1v) is 6.46. The van der Waals surface area contributed by atoms with E-state index >= 15 is 0 Å². The highest BCUT2D eigenvalue weighted by atomic mass is 35.5. The number of ether oxygens (including phenoxy) is 1. The molecule has 0 saturated carbocycles. The van der Waals surface area contributed by atoms with Crippen LogP contribution in [-0.2, 0) is 0 Å². The zero-order valence-corrected chi connectivity index (χ0v) is 13.5. The van der Waals surface area contributed by atoms with E-state index in [1.807, 2.05) is 0 Å². The average molecular weight is 383 g/mol. The molecule has 0 amide bonds. The van der Waals surface area contributed by atoms with Crippen LogP contribution in [0.4, 0.5) is 22.0 Å². The normalized spacial score (nSPS) is 17.1. The second-order valence-corrected chi connectivity index (χ2v) is 4.65. The molecule has 23 heavy (non-hydrogen) atoms. The van der Waals surface area contributed by atoms with E-state index < -0.39 is 24.6 Å². The Balaban J connectivity index is 0.00000242. The summed E-state index contributed by atoms with van der Waals surface area (Å²) >= 11 is 0. The highest BCUT2D eigenvalue weighted by molar-refractivity contribution is 5.85. The van der Waals surface area contributed by atoms with Gasteiger partial charge in [-0.3, -0.25) is 4.90 Å². The lowest BCUT2D eigenvalue weighted by Crippen LogP contribution is -2.47. The average Bonchev–Trinajstić information content (AvgIpc) is 2.40. The Bertz CT molecular complexity index is 470. The van der Waals surface area contributed by atoms with Gasteiger partial charge in [-0.1, -0.05) is 18.2 Å². The van der Waals surface area contributed by atoms with Crippen LogP contribution in [0.25, 0.3) is 0 Å². The second kappa shape index (κ2) is 9.46. The van der Waals surface area contributed by atoms with Crippen molar-refractivity contribution >= 4 is 24.8 Å². The molecule has 0 unspecified atom stereocenters. The molecule has 0 aromatic heterocycles. The van der Waals surface area contributed by atoms with Crippen molar-refractivity contribution in [1.82, 2.24) is 10.2 Å². The van der Waals surface area contributed by atoms with Gasteiger partial charge in [-0.25, -0.2) is 8.78 Å². The molecule has 1 fully saturated rings. The van der Waals surface area contributed by atoms with E-state index in [1.54, 1.807) is 0 Å². The first kappa shape index (κ1) is 22.2. The van der Waals surface area contributed by atoms with Gasteiger partial charge < -0.3 is 10.1 Å². The zero-order valence-electron chi connectivity index (χ0n) is 11.9. The molecule has 0 radical (unpaired) electrons. The van der Waals surface area contributed by atoms with Crippen LogP contribution in [0, 0.1) is 0 Å². The van der Waals surface area contributed by atoms with Gasteiger partial charge in [0, 0.05) is 31.7 Å². The van der Waals surface area contributed by atoms with Crippen LogP contribution >= 0.6 is 24.8 Å². The number of alkyl halides is 5. The van der Waals surface area contributed by atoms with Gasteiger partial charge in [0.2, 0.25) is 0 Å². The smallest absolute Gasteiger partial charge is 0.405 e. The maximum Gasteiger partial charge on any atom is 0.573 e. The molecule has 1 N–H and O–H groups in total. The first-order chi connectivity index (χ1) is 9.88. The quantitative estimate of drug-likeness (QED) is 0.804. The molecule has 1 aliphatic rings. The highest BCUT2D eigenvalue weighted by Crippen LogP contribution is 2.36. The monoisotopic (exact) mass is 382 g/mol. The fourth-order valence-corrected chi connectivity index (χ4v) is 2.39. The van der Waals surface area contributed by atoms with Gasteiger partial charge in [0.15, 0.2) is 0 Å². The van der Waals surface area contributed by atoms with E-state index in [2.05, 4.69) is 10.1 Å². The van der Waals surface area contributed by atoms with Gasteiger partial charge in [-0.2, -0.15) is 0 Å². The van der Waals surface area contributed by atoms with Crippen molar-refractivity contribution in [3.63, 3.8) is 0 Å². The van der Waals surface area contributed by atoms with E-state index in [0.29, 0.717) is 26.2 Å². The Morgan fingerprint density at radius 3 is 2.13 bits per heavy atom. The Kier molecular flexibility index (Phi) is 9.12. The number of halogens is 7. The van der Waals surface area contributed by atoms with Gasteiger partial charge in [-0.15, -0.1) is 38.0 Å². The molecule has 0 spiro atoms. The lowest BCUT2D eigenvalue weighted by Gasteiger charge is -2.35. The summed E-state index contributed by atoms with van der Waals surface area (Å²) < 4.78 is 67.8. The lowest BCUT2D eigenvalue weighted by molar-refractivity contribution is -0.275. The van der Waals surface area contributed by atoms with Crippen LogP contribution < -0.4 is 10.1 Å². The molecule has 2 rings (SSSR count). The predicted octanol–water partition coefficient (Wildman–Crippen LogP) is 3.64. The van der Waals surface area contributed by atoms with E-state index in [1.165, 1.54) is 23.1 Å². The fraction of sp³-hybridized carbons (Fsp3) is 0.538. The highest BCUT2D eigenvalue weighted by Gasteiger charge is 2.36. The summed E-state index contributed by atoms with van der Waals surface area (Å²) in [6.07, 6.45) is -7.72. The summed E-state index contributed by atoms with van der Waals surface area (Å²) in [4.78, 5) is 1.47. The minimum atomic E-state index is -4.91. The number of hydrogen-bond donors (Lipinski definition) is 1. The molecule has 0 bridgehead atoms. The van der Waals surface area contributed by atoms with Gasteiger partial charge in [-0.05, 0) is 6.07 Å². The second-order valence-electron chi connectivity index (χ2n) is 4.65. The standard InChI is InChI=1S/C13H15F5N2O.2ClH/c14-12(15)11(20-7-5-19-6-8-20)9-3-1-2-4-10(9)21-13(16,17)18;;/h1-4,11-12,19H,5-8H2;2*1H/t11-;;/m1../s1. The summed E-state index contributed by atoms with van der Waals surface area (Å²) in [5.41, 5.74) is -0.147. The third-order valence-corrected chi connectivity index (χ3v) is 3.25. The molecule has 10 heteroatoms. The van der Waals surface area contributed by atoms with Crippen LogP contribution in [0.5, 0.6) is 5.75 Å². The molecule has 1 saturated heterocycles. The van der Waals surface area contributed by atoms with Gasteiger partial charge in [0.1, 0.15) is 11.8 Å². The minimum absolute atomic E-state index is 0. The van der Waals surface area contributed by atoms with Crippen molar-refractivity contribution in [2.24, 2.45) is 0 Å². The van der Waals surface area contributed by atoms with Crippen LogP contribution in [-0.4, -0.2) is 43.9 Å². The number of nitrogens with one attached hydrogen (secondary N) is 1. The Morgan fingerprint density at radius 1 is 1.04 bits per heavy atom. The number of hydrogen-bond acceptors (Lipinski definition) is 3. The van der Waals surface area contributed by atoms with Gasteiger partial charge >= 0.3 is 6.36 Å². The molecule has 1 heterocycles. The molecule has 0 aliphatic carbocycles. The summed E-state index contributed by atoms with van der Waals surface area (Å²) in [6.45, 7) is 1.72. The van der Waals surface area contributed by atoms with E-state index in [9.17, 15) is 22.0 Å². The summed E-state index contributed by atoms with van der Waals surface area (Å²) in [7, 11) is 0. The van der Waals surface area contributed by atoms with Crippen molar-refractivity contribution in [2.45, 2.75) is 18.8 Å². The van der Waals surface area contributed by atoms with Crippen LogP contribution in [0.1, 0.15) is 11.6 Å². The SMILES string of the molecule is Cl.Cl.FC(F)[C@@H](c1ccccc1OC(F)(F)F)N1CCNCC1. The van der Waals surface area contributed by atoms with E-state index in [4.69, 9.17) is 0 Å². The largest absolute Gasteiger partial charge is 0.573 e. The number of nitrogens with zero attached hydrogens (tertiary/aromatic N) is 1. The van der Waals surface area contributed by atoms with Crippen molar-refractivity contribution in [3.8, 4) is 5.75 Å². The number of piperazine rings is 1. The van der Waals surface area contributed by atoms with E-state index in [-0.39, 0.29) is 30.4 Å². The van der Waals surface area contributed by atoms with Crippen molar-refractivity contribution < 1.29 is 26.7 Å². The van der Waals surface area contributed by atoms with Crippen LogP contribution in [0.3, 0.4) is 0 Å². The summed E-state index contributed by atoms with van der Waals surface area (Å²) in [5, 5.41) is 3.02. The molecule has 134 valence electrons. The molecule has 1 atom stereocenters. The van der Waals surface area contributed by atoms with Crippen molar-refractivity contribution in [2.75, 3.05) is 26.2 Å². The molecule has 1 aliphatic heterocycles. The predicted molar refractivity (Wildman–Crippen MR) is 80.8 cm³/mol. The zero-order chi connectivity index (χ0) is 15.5. The summed E-state index contributed by atoms with van der Waals surface area (Å²) in [5.74, 6) is -0.575. The molecular formula is C13H17Cl2F5N2O. The lowest BCUT2D eigenvalue weighted by atomic mass is 10.0. The first-order valence-electron chi connectivity index (χ1n) is 6.46. The van der Waals surface area contributed by atoms with Crippen molar-refractivity contribution in [1.29, 1.82) is 0 Å². The Labute approximate surface area is 143 Å². The summed E-state index contributed by atoms with van der Waals surface area (Å²) in [6, 6.07) is 3.65.